The van der Waals surface area contributed by atoms with Gasteiger partial charge in [0.1, 0.15) is 17.2 Å². The van der Waals surface area contributed by atoms with Gasteiger partial charge in [0.15, 0.2) is 0 Å². The van der Waals surface area contributed by atoms with Gasteiger partial charge in [-0.25, -0.2) is 0 Å². The summed E-state index contributed by atoms with van der Waals surface area (Å²) in [4.78, 5) is 13.3. The van der Waals surface area contributed by atoms with Gasteiger partial charge in [0, 0.05) is 23.2 Å². The Balaban J connectivity index is 2.13. The first-order chi connectivity index (χ1) is 8.20. The Bertz CT molecular complexity index is 522. The summed E-state index contributed by atoms with van der Waals surface area (Å²) in [7, 11) is 0. The lowest BCUT2D eigenvalue weighted by molar-refractivity contribution is -0.394. The third-order valence-electron chi connectivity index (χ3n) is 1.89. The van der Waals surface area contributed by atoms with Crippen LogP contribution in [0.4, 0.5) is 10.9 Å². The lowest BCUT2D eigenvalue weighted by Crippen LogP contribution is -2.05. The summed E-state index contributed by atoms with van der Waals surface area (Å²) in [6.07, 6.45) is 1.30. The van der Waals surface area contributed by atoms with Crippen LogP contribution in [0.15, 0.2) is 6.33 Å². The standard InChI is InChI=1S/C7H9N7O2S/c1-2-8-6-5(10-12-17-6)3-13-4-9-7(11-13)14(15)16/h4,8H,2-3H2,1H3. The molecule has 0 aliphatic heterocycles. The van der Waals surface area contributed by atoms with Crippen molar-refractivity contribution in [2.45, 2.75) is 13.5 Å². The van der Waals surface area contributed by atoms with E-state index in [-0.39, 0.29) is 0 Å². The Labute approximate surface area is 99.8 Å². The highest BCUT2D eigenvalue weighted by Crippen LogP contribution is 2.18. The zero-order chi connectivity index (χ0) is 12.3. The van der Waals surface area contributed by atoms with Crippen LogP contribution in [-0.4, -0.2) is 35.8 Å². The third-order valence-corrected chi connectivity index (χ3v) is 2.62. The van der Waals surface area contributed by atoms with Gasteiger partial charge in [-0.15, -0.1) is 5.10 Å². The number of aromatic nitrogens is 5. The topological polar surface area (TPSA) is 112 Å². The van der Waals surface area contributed by atoms with E-state index < -0.39 is 10.9 Å². The van der Waals surface area contributed by atoms with Crippen LogP contribution in [0.1, 0.15) is 12.6 Å². The summed E-state index contributed by atoms with van der Waals surface area (Å²) in [5, 5.41) is 22.0. The highest BCUT2D eigenvalue weighted by atomic mass is 32.1. The zero-order valence-corrected chi connectivity index (χ0v) is 9.72. The van der Waals surface area contributed by atoms with Crippen LogP contribution in [0, 0.1) is 10.1 Å². The molecule has 0 bridgehead atoms. The molecule has 1 N–H and O–H groups in total. The molecule has 0 saturated heterocycles. The van der Waals surface area contributed by atoms with Crippen molar-refractivity contribution in [3.05, 3.63) is 22.1 Å². The van der Waals surface area contributed by atoms with Crippen LogP contribution in [0.2, 0.25) is 0 Å². The fraction of sp³-hybridized carbons (Fsp3) is 0.429. The molecule has 90 valence electrons. The van der Waals surface area contributed by atoms with Gasteiger partial charge >= 0.3 is 5.95 Å². The molecule has 0 spiro atoms. The number of anilines is 1. The first-order valence-electron chi connectivity index (χ1n) is 4.79. The molecule has 0 aliphatic carbocycles. The van der Waals surface area contributed by atoms with E-state index in [0.29, 0.717) is 12.2 Å². The molecule has 0 atom stereocenters. The van der Waals surface area contributed by atoms with Crippen molar-refractivity contribution in [2.24, 2.45) is 0 Å². The highest BCUT2D eigenvalue weighted by molar-refractivity contribution is 7.10. The number of hydrogen-bond acceptors (Lipinski definition) is 8. The molecule has 0 aromatic carbocycles. The van der Waals surface area contributed by atoms with E-state index in [1.54, 1.807) is 0 Å². The summed E-state index contributed by atoms with van der Waals surface area (Å²) >= 11 is 1.24. The highest BCUT2D eigenvalue weighted by Gasteiger charge is 2.15. The van der Waals surface area contributed by atoms with E-state index in [9.17, 15) is 10.1 Å². The average Bonchev–Trinajstić information content (AvgIpc) is 2.90. The summed E-state index contributed by atoms with van der Waals surface area (Å²) < 4.78 is 5.17. The van der Waals surface area contributed by atoms with Gasteiger partial charge in [-0.1, -0.05) is 9.47 Å². The molecule has 2 aromatic heterocycles. The SMILES string of the molecule is CCNc1snnc1Cn1cnc([N+](=O)[O-])n1. The molecule has 0 amide bonds. The van der Waals surface area contributed by atoms with Crippen LogP contribution in [0.3, 0.4) is 0 Å². The van der Waals surface area contributed by atoms with Gasteiger partial charge in [0.25, 0.3) is 0 Å². The van der Waals surface area contributed by atoms with Gasteiger partial charge in [-0.05, 0) is 11.8 Å². The normalized spacial score (nSPS) is 10.4. The molecule has 2 rings (SSSR count). The van der Waals surface area contributed by atoms with Crippen LogP contribution in [0.25, 0.3) is 0 Å². The fourth-order valence-corrected chi connectivity index (χ4v) is 1.85. The van der Waals surface area contributed by atoms with Gasteiger partial charge in [-0.3, -0.25) is 0 Å². The number of hydrogen-bond donors (Lipinski definition) is 1. The van der Waals surface area contributed by atoms with Gasteiger partial charge in [-0.2, -0.15) is 4.68 Å². The van der Waals surface area contributed by atoms with Gasteiger partial charge in [0.05, 0.1) is 0 Å². The molecule has 0 radical (unpaired) electrons. The van der Waals surface area contributed by atoms with Crippen molar-refractivity contribution in [3.8, 4) is 0 Å². The molecule has 2 heterocycles. The Morgan fingerprint density at radius 2 is 2.47 bits per heavy atom. The van der Waals surface area contributed by atoms with Gasteiger partial charge < -0.3 is 15.4 Å². The summed E-state index contributed by atoms with van der Waals surface area (Å²) in [6, 6.07) is 0. The van der Waals surface area contributed by atoms with Crippen molar-refractivity contribution >= 4 is 22.5 Å². The molecule has 0 aliphatic rings. The minimum Gasteiger partial charge on any atom is -0.390 e. The molecule has 10 heteroatoms. The molecular formula is C7H9N7O2S. The van der Waals surface area contributed by atoms with Crippen molar-refractivity contribution in [3.63, 3.8) is 0 Å². The Hall–Kier alpha value is -2.10. The van der Waals surface area contributed by atoms with E-state index in [1.807, 2.05) is 6.92 Å². The number of nitrogens with one attached hydrogen (secondary N) is 1. The number of rotatable bonds is 5. The van der Waals surface area contributed by atoms with E-state index in [1.165, 1.54) is 22.5 Å². The lowest BCUT2D eigenvalue weighted by atomic mass is 10.4. The monoisotopic (exact) mass is 255 g/mol. The van der Waals surface area contributed by atoms with Crippen molar-refractivity contribution in [1.82, 2.24) is 24.4 Å². The summed E-state index contributed by atoms with van der Waals surface area (Å²) in [5.41, 5.74) is 0.691. The zero-order valence-electron chi connectivity index (χ0n) is 8.90. The van der Waals surface area contributed by atoms with Crippen LogP contribution >= 0.6 is 11.5 Å². The molecule has 9 nitrogen and oxygen atoms in total. The summed E-state index contributed by atoms with van der Waals surface area (Å²) in [5.74, 6) is -0.418. The maximum absolute atomic E-state index is 10.4. The first-order valence-corrected chi connectivity index (χ1v) is 5.57. The molecule has 17 heavy (non-hydrogen) atoms. The summed E-state index contributed by atoms with van der Waals surface area (Å²) in [6.45, 7) is 3.03. The molecule has 0 fully saturated rings. The minimum atomic E-state index is -0.638. The Morgan fingerprint density at radius 3 is 3.12 bits per heavy atom. The second-order valence-corrected chi connectivity index (χ2v) is 3.83. The van der Waals surface area contributed by atoms with Crippen molar-refractivity contribution < 1.29 is 4.92 Å². The number of nitro groups is 1. The maximum Gasteiger partial charge on any atom is 0.490 e. The predicted octanol–water partition coefficient (Wildman–Crippen LogP) is 0.518. The minimum absolute atomic E-state index is 0.305. The van der Waals surface area contributed by atoms with Crippen molar-refractivity contribution in [2.75, 3.05) is 11.9 Å². The quantitative estimate of drug-likeness (QED) is 0.612. The Morgan fingerprint density at radius 1 is 1.65 bits per heavy atom. The second-order valence-electron chi connectivity index (χ2n) is 3.08. The second kappa shape index (κ2) is 4.82. The predicted molar refractivity (Wildman–Crippen MR) is 59.9 cm³/mol. The third kappa shape index (κ3) is 2.53. The van der Waals surface area contributed by atoms with Crippen LogP contribution in [0.5, 0.6) is 0 Å². The first kappa shape index (κ1) is 11.4. The van der Waals surface area contributed by atoms with E-state index in [4.69, 9.17) is 0 Å². The molecule has 2 aromatic rings. The van der Waals surface area contributed by atoms with Crippen molar-refractivity contribution in [1.29, 1.82) is 0 Å². The number of nitrogens with zero attached hydrogens (tertiary/aromatic N) is 6. The van der Waals surface area contributed by atoms with Crippen LogP contribution < -0.4 is 5.32 Å². The molecule has 0 saturated carbocycles. The van der Waals surface area contributed by atoms with E-state index >= 15 is 0 Å². The largest absolute Gasteiger partial charge is 0.490 e. The molecular weight excluding hydrogens is 246 g/mol. The fourth-order valence-electron chi connectivity index (χ4n) is 1.20. The lowest BCUT2D eigenvalue weighted by Gasteiger charge is -1.99. The maximum atomic E-state index is 10.4. The average molecular weight is 255 g/mol. The Kier molecular flexibility index (Phi) is 3.23. The van der Waals surface area contributed by atoms with E-state index in [0.717, 1.165) is 11.5 Å². The smallest absolute Gasteiger partial charge is 0.390 e. The van der Waals surface area contributed by atoms with Gasteiger partial charge in [0.2, 0.25) is 6.33 Å². The van der Waals surface area contributed by atoms with E-state index in [2.05, 4.69) is 25.0 Å². The molecule has 0 unspecified atom stereocenters. The van der Waals surface area contributed by atoms with Crippen LogP contribution in [-0.2, 0) is 6.54 Å².